The van der Waals surface area contributed by atoms with Crippen molar-refractivity contribution >= 4 is 0 Å². The fourth-order valence-electron chi connectivity index (χ4n) is 3.74. The SMILES string of the molecule is CCCNC1CCCCCC1N1CCC(OC)CC1. The normalized spacial score (nSPS) is 31.3. The van der Waals surface area contributed by atoms with Gasteiger partial charge in [0.25, 0.3) is 0 Å². The van der Waals surface area contributed by atoms with Crippen LogP contribution >= 0.6 is 0 Å². The molecule has 0 bridgehead atoms. The highest BCUT2D eigenvalue weighted by atomic mass is 16.5. The summed E-state index contributed by atoms with van der Waals surface area (Å²) in [6.45, 7) is 5.90. The zero-order chi connectivity index (χ0) is 13.5. The van der Waals surface area contributed by atoms with E-state index in [-0.39, 0.29) is 0 Å². The van der Waals surface area contributed by atoms with Gasteiger partial charge in [0.15, 0.2) is 0 Å². The van der Waals surface area contributed by atoms with Crippen molar-refractivity contribution in [1.29, 1.82) is 0 Å². The van der Waals surface area contributed by atoms with Crippen LogP contribution in [0.5, 0.6) is 0 Å². The summed E-state index contributed by atoms with van der Waals surface area (Å²) in [6.07, 6.45) is 11.2. The Hall–Kier alpha value is -0.120. The quantitative estimate of drug-likeness (QED) is 0.776. The van der Waals surface area contributed by atoms with Crippen LogP contribution < -0.4 is 5.32 Å². The molecule has 0 radical (unpaired) electrons. The molecule has 19 heavy (non-hydrogen) atoms. The molecule has 112 valence electrons. The second-order valence-corrected chi connectivity index (χ2v) is 6.24. The van der Waals surface area contributed by atoms with E-state index in [0.29, 0.717) is 6.10 Å². The van der Waals surface area contributed by atoms with Crippen molar-refractivity contribution < 1.29 is 4.74 Å². The van der Waals surface area contributed by atoms with Crippen molar-refractivity contribution in [1.82, 2.24) is 10.2 Å². The van der Waals surface area contributed by atoms with Crippen LogP contribution in [-0.2, 0) is 4.74 Å². The van der Waals surface area contributed by atoms with Gasteiger partial charge in [-0.1, -0.05) is 26.2 Å². The number of methoxy groups -OCH3 is 1. The van der Waals surface area contributed by atoms with E-state index >= 15 is 0 Å². The van der Waals surface area contributed by atoms with Gasteiger partial charge in [0.1, 0.15) is 0 Å². The van der Waals surface area contributed by atoms with Gasteiger partial charge in [-0.05, 0) is 38.6 Å². The number of likely N-dealkylation sites (tertiary alicyclic amines) is 1. The molecule has 2 atom stereocenters. The van der Waals surface area contributed by atoms with Crippen molar-refractivity contribution in [2.24, 2.45) is 0 Å². The lowest BCUT2D eigenvalue weighted by atomic mass is 9.97. The molecule has 1 aliphatic heterocycles. The number of nitrogens with one attached hydrogen (secondary N) is 1. The maximum atomic E-state index is 5.50. The third kappa shape index (κ3) is 4.44. The van der Waals surface area contributed by atoms with Crippen molar-refractivity contribution in [2.75, 3.05) is 26.7 Å². The van der Waals surface area contributed by atoms with E-state index in [9.17, 15) is 0 Å². The molecule has 3 heteroatoms. The molecule has 1 aliphatic carbocycles. The molecular formula is C16H32N2O. The number of ether oxygens (including phenoxy) is 1. The van der Waals surface area contributed by atoms with Crippen molar-refractivity contribution in [3.05, 3.63) is 0 Å². The van der Waals surface area contributed by atoms with Gasteiger partial charge in [0, 0.05) is 32.3 Å². The summed E-state index contributed by atoms with van der Waals surface area (Å²) in [5.41, 5.74) is 0. The van der Waals surface area contributed by atoms with E-state index in [4.69, 9.17) is 4.74 Å². The minimum atomic E-state index is 0.504. The van der Waals surface area contributed by atoms with Crippen LogP contribution in [0.4, 0.5) is 0 Å². The molecule has 0 amide bonds. The average Bonchev–Trinajstić information content (AvgIpc) is 2.70. The molecule has 1 saturated carbocycles. The number of nitrogens with zero attached hydrogens (tertiary/aromatic N) is 1. The third-order valence-electron chi connectivity index (χ3n) is 4.91. The first-order chi connectivity index (χ1) is 9.35. The van der Waals surface area contributed by atoms with Gasteiger partial charge in [0.2, 0.25) is 0 Å². The number of rotatable bonds is 5. The van der Waals surface area contributed by atoms with E-state index in [0.717, 1.165) is 12.1 Å². The Morgan fingerprint density at radius 2 is 1.79 bits per heavy atom. The first-order valence-electron chi connectivity index (χ1n) is 8.35. The Balaban J connectivity index is 1.89. The molecule has 0 aromatic carbocycles. The monoisotopic (exact) mass is 268 g/mol. The highest BCUT2D eigenvalue weighted by Crippen LogP contribution is 2.25. The first kappa shape index (κ1) is 15.3. The van der Waals surface area contributed by atoms with E-state index < -0.39 is 0 Å². The Morgan fingerprint density at radius 1 is 1.05 bits per heavy atom. The minimum Gasteiger partial charge on any atom is -0.381 e. The predicted octanol–water partition coefficient (Wildman–Crippen LogP) is 2.80. The summed E-state index contributed by atoms with van der Waals surface area (Å²) in [4.78, 5) is 2.74. The highest BCUT2D eigenvalue weighted by molar-refractivity contribution is 4.89. The molecule has 1 N–H and O–H groups in total. The molecule has 1 saturated heterocycles. The van der Waals surface area contributed by atoms with Gasteiger partial charge in [-0.3, -0.25) is 4.90 Å². The topological polar surface area (TPSA) is 24.5 Å². The number of hydrogen-bond donors (Lipinski definition) is 1. The maximum Gasteiger partial charge on any atom is 0.0595 e. The Morgan fingerprint density at radius 3 is 2.47 bits per heavy atom. The molecule has 3 nitrogen and oxygen atoms in total. The van der Waals surface area contributed by atoms with Gasteiger partial charge in [-0.2, -0.15) is 0 Å². The third-order valence-corrected chi connectivity index (χ3v) is 4.91. The number of piperidine rings is 1. The van der Waals surface area contributed by atoms with E-state index in [2.05, 4.69) is 17.1 Å². The van der Waals surface area contributed by atoms with Crippen LogP contribution in [0, 0.1) is 0 Å². The van der Waals surface area contributed by atoms with Gasteiger partial charge < -0.3 is 10.1 Å². The maximum absolute atomic E-state index is 5.50. The summed E-state index contributed by atoms with van der Waals surface area (Å²) < 4.78 is 5.50. The van der Waals surface area contributed by atoms with E-state index in [1.165, 1.54) is 71.0 Å². The van der Waals surface area contributed by atoms with Crippen LogP contribution in [-0.4, -0.2) is 49.8 Å². The molecule has 0 spiro atoms. The molecule has 2 fully saturated rings. The van der Waals surface area contributed by atoms with E-state index in [1.54, 1.807) is 0 Å². The summed E-state index contributed by atoms with van der Waals surface area (Å²) in [7, 11) is 1.86. The van der Waals surface area contributed by atoms with Crippen molar-refractivity contribution in [3.8, 4) is 0 Å². The standard InChI is InChI=1S/C16H32N2O/c1-3-11-17-15-7-5-4-6-8-16(15)18-12-9-14(19-2)10-13-18/h14-17H,3-13H2,1-2H3. The molecule has 1 heterocycles. The molecule has 0 aromatic heterocycles. The van der Waals surface area contributed by atoms with E-state index in [1.807, 2.05) is 7.11 Å². The molecule has 2 aliphatic rings. The molecule has 2 rings (SSSR count). The van der Waals surface area contributed by atoms with Crippen molar-refractivity contribution in [2.45, 2.75) is 76.5 Å². The zero-order valence-corrected chi connectivity index (χ0v) is 12.9. The van der Waals surface area contributed by atoms with Gasteiger partial charge in [0.05, 0.1) is 6.10 Å². The van der Waals surface area contributed by atoms with Gasteiger partial charge >= 0.3 is 0 Å². The summed E-state index contributed by atoms with van der Waals surface area (Å²) in [6, 6.07) is 1.49. The fraction of sp³-hybridized carbons (Fsp3) is 1.00. The average molecular weight is 268 g/mol. The van der Waals surface area contributed by atoms with Crippen LogP contribution in [0.25, 0.3) is 0 Å². The summed E-state index contributed by atoms with van der Waals surface area (Å²) in [5, 5.41) is 3.81. The van der Waals surface area contributed by atoms with Crippen LogP contribution in [0.1, 0.15) is 58.3 Å². The Labute approximate surface area is 119 Å². The first-order valence-corrected chi connectivity index (χ1v) is 8.35. The Kier molecular flexibility index (Phi) is 6.62. The summed E-state index contributed by atoms with van der Waals surface area (Å²) >= 11 is 0. The second-order valence-electron chi connectivity index (χ2n) is 6.24. The second kappa shape index (κ2) is 8.23. The molecule has 2 unspecified atom stereocenters. The lowest BCUT2D eigenvalue weighted by Crippen LogP contribution is -2.52. The van der Waals surface area contributed by atoms with Crippen LogP contribution in [0.3, 0.4) is 0 Å². The largest absolute Gasteiger partial charge is 0.381 e. The van der Waals surface area contributed by atoms with Gasteiger partial charge in [-0.15, -0.1) is 0 Å². The lowest BCUT2D eigenvalue weighted by Gasteiger charge is -2.40. The zero-order valence-electron chi connectivity index (χ0n) is 12.9. The minimum absolute atomic E-state index is 0.504. The molecular weight excluding hydrogens is 236 g/mol. The lowest BCUT2D eigenvalue weighted by molar-refractivity contribution is 0.0192. The smallest absolute Gasteiger partial charge is 0.0595 e. The van der Waals surface area contributed by atoms with Crippen LogP contribution in [0.2, 0.25) is 0 Å². The predicted molar refractivity (Wildman–Crippen MR) is 80.6 cm³/mol. The fourth-order valence-corrected chi connectivity index (χ4v) is 3.74. The summed E-state index contributed by atoms with van der Waals surface area (Å²) in [5.74, 6) is 0. The molecule has 0 aromatic rings. The highest BCUT2D eigenvalue weighted by Gasteiger charge is 2.31. The van der Waals surface area contributed by atoms with Crippen LogP contribution in [0.15, 0.2) is 0 Å². The Bertz CT molecular complexity index is 239. The van der Waals surface area contributed by atoms with Crippen molar-refractivity contribution in [3.63, 3.8) is 0 Å². The number of hydrogen-bond acceptors (Lipinski definition) is 3. The van der Waals surface area contributed by atoms with Gasteiger partial charge in [-0.25, -0.2) is 0 Å².